The molecule has 142 valence electrons. The van der Waals surface area contributed by atoms with Crippen LogP contribution in [0.3, 0.4) is 0 Å². The highest BCUT2D eigenvalue weighted by atomic mass is 16.5. The highest BCUT2D eigenvalue weighted by Crippen LogP contribution is 2.30. The number of aromatic hydroxyl groups is 1. The van der Waals surface area contributed by atoms with E-state index in [1.807, 2.05) is 12.1 Å². The minimum atomic E-state index is -1.90. The molecule has 0 unspecified atom stereocenters. The lowest BCUT2D eigenvalue weighted by Gasteiger charge is -2.27. The van der Waals surface area contributed by atoms with Gasteiger partial charge in [0.05, 0.1) is 13.3 Å². The Morgan fingerprint density at radius 2 is 1.57 bits per heavy atom. The van der Waals surface area contributed by atoms with Crippen LogP contribution in [0, 0.1) is 0 Å². The summed E-state index contributed by atoms with van der Waals surface area (Å²) in [7, 11) is 1.44. The lowest BCUT2D eigenvalue weighted by Crippen LogP contribution is -2.43. The largest absolute Gasteiger partial charge is 0.504 e. The number of rotatable bonds is 6. The molecule has 3 aromatic carbocycles. The fraction of sp³-hybridized carbons (Fsp3) is 0.0909. The standard InChI is InChI=1S/C22H20N2O4/c1-28-20-14-16(12-13-19(20)25)15-23-24-21(26)22(27,17-8-4-2-5-9-17)18-10-6-3-7-11-18/h2-15,25,27H,1H3,(H,24,26)/b23-15-. The molecule has 6 nitrogen and oxygen atoms in total. The van der Waals surface area contributed by atoms with Crippen LogP contribution in [0.2, 0.25) is 0 Å². The number of hydrazone groups is 1. The first kappa shape index (κ1) is 19.1. The second-order valence-corrected chi connectivity index (χ2v) is 6.07. The van der Waals surface area contributed by atoms with Gasteiger partial charge in [-0.2, -0.15) is 5.10 Å². The first-order valence-electron chi connectivity index (χ1n) is 8.59. The molecule has 0 bridgehead atoms. The third-order valence-electron chi connectivity index (χ3n) is 4.30. The van der Waals surface area contributed by atoms with E-state index in [-0.39, 0.29) is 5.75 Å². The van der Waals surface area contributed by atoms with Crippen molar-refractivity contribution < 1.29 is 19.7 Å². The number of carbonyl (C=O) groups excluding carboxylic acids is 1. The number of phenolic OH excluding ortho intramolecular Hbond substituents is 1. The van der Waals surface area contributed by atoms with E-state index in [9.17, 15) is 15.0 Å². The van der Waals surface area contributed by atoms with Crippen molar-refractivity contribution in [2.75, 3.05) is 7.11 Å². The molecule has 0 heterocycles. The van der Waals surface area contributed by atoms with Crippen LogP contribution in [0.1, 0.15) is 16.7 Å². The number of nitrogens with zero attached hydrogens (tertiary/aromatic N) is 1. The summed E-state index contributed by atoms with van der Waals surface area (Å²) < 4.78 is 5.04. The fourth-order valence-electron chi connectivity index (χ4n) is 2.81. The molecular weight excluding hydrogens is 356 g/mol. The molecule has 0 saturated carbocycles. The Morgan fingerprint density at radius 3 is 2.11 bits per heavy atom. The van der Waals surface area contributed by atoms with Crippen LogP contribution in [-0.2, 0) is 10.4 Å². The van der Waals surface area contributed by atoms with Gasteiger partial charge in [-0.3, -0.25) is 4.79 Å². The van der Waals surface area contributed by atoms with Crippen molar-refractivity contribution in [1.29, 1.82) is 0 Å². The predicted molar refractivity (Wildman–Crippen MR) is 106 cm³/mol. The van der Waals surface area contributed by atoms with Gasteiger partial charge in [0.15, 0.2) is 17.1 Å². The second kappa shape index (κ2) is 8.37. The zero-order valence-electron chi connectivity index (χ0n) is 15.2. The van der Waals surface area contributed by atoms with Crippen molar-refractivity contribution in [2.45, 2.75) is 5.60 Å². The van der Waals surface area contributed by atoms with Crippen molar-refractivity contribution in [3.63, 3.8) is 0 Å². The smallest absolute Gasteiger partial charge is 0.281 e. The molecule has 0 spiro atoms. The number of aliphatic hydroxyl groups is 1. The van der Waals surface area contributed by atoms with Gasteiger partial charge in [0.2, 0.25) is 0 Å². The summed E-state index contributed by atoms with van der Waals surface area (Å²) in [5, 5.41) is 24.9. The van der Waals surface area contributed by atoms with E-state index in [1.54, 1.807) is 60.7 Å². The van der Waals surface area contributed by atoms with Crippen LogP contribution < -0.4 is 10.2 Å². The molecule has 1 amide bonds. The van der Waals surface area contributed by atoms with Crippen molar-refractivity contribution in [2.24, 2.45) is 5.10 Å². The predicted octanol–water partition coefficient (Wildman–Crippen LogP) is 2.79. The lowest BCUT2D eigenvalue weighted by molar-refractivity contribution is -0.136. The van der Waals surface area contributed by atoms with Crippen LogP contribution in [-0.4, -0.2) is 29.4 Å². The molecule has 0 aliphatic heterocycles. The molecule has 0 radical (unpaired) electrons. The summed E-state index contributed by atoms with van der Waals surface area (Å²) in [6, 6.07) is 22.0. The van der Waals surface area contributed by atoms with Gasteiger partial charge in [0.25, 0.3) is 5.91 Å². The number of benzene rings is 3. The Hall–Kier alpha value is -3.64. The molecule has 0 atom stereocenters. The molecule has 0 fully saturated rings. The van der Waals surface area contributed by atoms with E-state index >= 15 is 0 Å². The average molecular weight is 376 g/mol. The monoisotopic (exact) mass is 376 g/mol. The maximum absolute atomic E-state index is 12.9. The number of ether oxygens (including phenoxy) is 1. The zero-order valence-corrected chi connectivity index (χ0v) is 15.2. The Bertz CT molecular complexity index is 933. The minimum absolute atomic E-state index is 0.00576. The van der Waals surface area contributed by atoms with Crippen molar-refractivity contribution in [1.82, 2.24) is 5.43 Å². The van der Waals surface area contributed by atoms with Gasteiger partial charge >= 0.3 is 0 Å². The summed E-state index contributed by atoms with van der Waals surface area (Å²) in [6.45, 7) is 0. The highest BCUT2D eigenvalue weighted by molar-refractivity contribution is 5.91. The Kier molecular flexibility index (Phi) is 5.72. The summed E-state index contributed by atoms with van der Waals surface area (Å²) in [4.78, 5) is 12.9. The normalized spacial score (nSPS) is 11.4. The van der Waals surface area contributed by atoms with Crippen LogP contribution >= 0.6 is 0 Å². The minimum Gasteiger partial charge on any atom is -0.504 e. The third-order valence-corrected chi connectivity index (χ3v) is 4.30. The highest BCUT2D eigenvalue weighted by Gasteiger charge is 2.39. The first-order chi connectivity index (χ1) is 13.6. The number of hydrogen-bond acceptors (Lipinski definition) is 5. The zero-order chi connectivity index (χ0) is 20.0. The van der Waals surface area contributed by atoms with Crippen LogP contribution in [0.5, 0.6) is 11.5 Å². The number of amides is 1. The number of hydrogen-bond donors (Lipinski definition) is 3. The number of phenols is 1. The van der Waals surface area contributed by atoms with Crippen molar-refractivity contribution in [3.05, 3.63) is 95.6 Å². The number of carbonyl (C=O) groups is 1. The summed E-state index contributed by atoms with van der Waals surface area (Å²) in [5.41, 5.74) is 1.97. The molecular formula is C22H20N2O4. The summed E-state index contributed by atoms with van der Waals surface area (Å²) >= 11 is 0. The molecule has 0 saturated heterocycles. The molecule has 0 aromatic heterocycles. The van der Waals surface area contributed by atoms with Gasteiger partial charge in [-0.1, -0.05) is 60.7 Å². The Morgan fingerprint density at radius 1 is 1.00 bits per heavy atom. The quantitative estimate of drug-likeness (QED) is 0.456. The van der Waals surface area contributed by atoms with E-state index in [2.05, 4.69) is 10.5 Å². The Labute approximate surface area is 162 Å². The Balaban J connectivity index is 1.87. The van der Waals surface area contributed by atoms with E-state index in [0.29, 0.717) is 22.4 Å². The fourth-order valence-corrected chi connectivity index (χ4v) is 2.81. The van der Waals surface area contributed by atoms with E-state index in [1.165, 1.54) is 19.4 Å². The van der Waals surface area contributed by atoms with Crippen LogP contribution in [0.4, 0.5) is 0 Å². The third kappa shape index (κ3) is 3.87. The van der Waals surface area contributed by atoms with Crippen molar-refractivity contribution in [3.8, 4) is 11.5 Å². The van der Waals surface area contributed by atoms with Gasteiger partial charge in [-0.15, -0.1) is 0 Å². The van der Waals surface area contributed by atoms with Gasteiger partial charge in [0.1, 0.15) is 0 Å². The molecule has 6 heteroatoms. The van der Waals surface area contributed by atoms with Gasteiger partial charge in [0, 0.05) is 0 Å². The number of methoxy groups -OCH3 is 1. The lowest BCUT2D eigenvalue weighted by atomic mass is 9.85. The molecule has 3 aromatic rings. The van der Waals surface area contributed by atoms with Gasteiger partial charge in [-0.05, 0) is 34.9 Å². The maximum atomic E-state index is 12.9. The summed E-state index contributed by atoms with van der Waals surface area (Å²) in [5.74, 6) is -0.390. The number of nitrogens with one attached hydrogen (secondary N) is 1. The van der Waals surface area contributed by atoms with Gasteiger partial charge < -0.3 is 14.9 Å². The molecule has 3 rings (SSSR count). The van der Waals surface area contributed by atoms with E-state index < -0.39 is 11.5 Å². The first-order valence-corrected chi connectivity index (χ1v) is 8.59. The topological polar surface area (TPSA) is 91.2 Å². The van der Waals surface area contributed by atoms with Crippen LogP contribution in [0.15, 0.2) is 84.0 Å². The van der Waals surface area contributed by atoms with Crippen molar-refractivity contribution >= 4 is 12.1 Å². The summed E-state index contributed by atoms with van der Waals surface area (Å²) in [6.07, 6.45) is 1.40. The van der Waals surface area contributed by atoms with Gasteiger partial charge in [-0.25, -0.2) is 5.43 Å². The maximum Gasteiger partial charge on any atom is 0.281 e. The van der Waals surface area contributed by atoms with E-state index in [0.717, 1.165) is 0 Å². The SMILES string of the molecule is COc1cc(/C=N\NC(=O)C(O)(c2ccccc2)c2ccccc2)ccc1O. The molecule has 3 N–H and O–H groups in total. The molecule has 0 aliphatic rings. The second-order valence-electron chi connectivity index (χ2n) is 6.07. The molecule has 0 aliphatic carbocycles. The van der Waals surface area contributed by atoms with E-state index in [4.69, 9.17) is 4.74 Å². The average Bonchev–Trinajstić information content (AvgIpc) is 2.75. The molecule has 28 heavy (non-hydrogen) atoms. The van der Waals surface area contributed by atoms with Crippen LogP contribution in [0.25, 0.3) is 0 Å².